The van der Waals surface area contributed by atoms with Gasteiger partial charge < -0.3 is 0 Å². The summed E-state index contributed by atoms with van der Waals surface area (Å²) < 4.78 is 97.3. The molecule has 0 aromatic carbocycles. The van der Waals surface area contributed by atoms with E-state index in [4.69, 9.17) is 5.26 Å². The number of hydrogen-bond donors (Lipinski definition) is 0. The lowest BCUT2D eigenvalue weighted by Crippen LogP contribution is -2.25. The topological polar surface area (TPSA) is 70.8 Å². The van der Waals surface area contributed by atoms with E-state index in [-0.39, 0.29) is 12.1 Å². The van der Waals surface area contributed by atoms with Gasteiger partial charge in [0.2, 0.25) is 0 Å². The molecule has 25 heavy (non-hydrogen) atoms. The summed E-state index contributed by atoms with van der Waals surface area (Å²) in [6.07, 6.45) is -4.75. The van der Waals surface area contributed by atoms with Crippen LogP contribution in [-0.4, -0.2) is 35.7 Å². The van der Waals surface area contributed by atoms with E-state index in [0.29, 0.717) is 6.20 Å². The van der Waals surface area contributed by atoms with Crippen molar-refractivity contribution in [3.63, 3.8) is 0 Å². The molecule has 4 nitrogen and oxygen atoms in total. The maximum atomic E-state index is 12.4. The van der Waals surface area contributed by atoms with E-state index < -0.39 is 62.0 Å². The third-order valence-electron chi connectivity index (χ3n) is 3.02. The number of hydrogen-bond acceptors (Lipinski definition) is 5. The Morgan fingerprint density at radius 3 is 2.28 bits per heavy atom. The van der Waals surface area contributed by atoms with Crippen LogP contribution in [0.25, 0.3) is 0 Å². The molecular formula is C13H12F6N2O2S2. The maximum absolute atomic E-state index is 12.4. The molecule has 1 aromatic rings. The van der Waals surface area contributed by atoms with Crippen molar-refractivity contribution in [2.75, 3.05) is 11.5 Å². The first-order chi connectivity index (χ1) is 11.3. The summed E-state index contributed by atoms with van der Waals surface area (Å²) in [5.41, 5.74) is -5.44. The van der Waals surface area contributed by atoms with Crippen LogP contribution in [0.2, 0.25) is 0 Å². The van der Waals surface area contributed by atoms with Gasteiger partial charge in [-0.05, 0) is 18.6 Å². The molecule has 0 saturated carbocycles. The van der Waals surface area contributed by atoms with Crippen LogP contribution in [0.15, 0.2) is 18.3 Å². The third-order valence-corrected chi connectivity index (χ3v) is 5.77. The molecule has 1 rings (SSSR count). The van der Waals surface area contributed by atoms with E-state index in [9.17, 15) is 34.8 Å². The average molecular weight is 406 g/mol. The maximum Gasteiger partial charge on any atom is 0.441 e. The zero-order valence-electron chi connectivity index (χ0n) is 12.4. The Hall–Kier alpha value is -1.48. The lowest BCUT2D eigenvalue weighted by molar-refractivity contribution is -0.137. The standard InChI is InChI=1S/C13H12F6N2O2S2/c14-12(15,16)9-1-2-10(21-8-9)4-6-25(22,23)11(7-20)3-5-24-13(17,18)19/h1-2,8,11H,3-6H2. The van der Waals surface area contributed by atoms with Gasteiger partial charge in [-0.2, -0.15) is 31.6 Å². The predicted octanol–water partition coefficient (Wildman–Crippen LogP) is 3.59. The molecule has 140 valence electrons. The lowest BCUT2D eigenvalue weighted by Gasteiger charge is -2.11. The summed E-state index contributed by atoms with van der Waals surface area (Å²) in [7, 11) is -4.03. The van der Waals surface area contributed by atoms with Gasteiger partial charge in [-0.15, -0.1) is 0 Å². The van der Waals surface area contributed by atoms with Gasteiger partial charge in [-0.1, -0.05) is 11.8 Å². The predicted molar refractivity (Wildman–Crippen MR) is 79.3 cm³/mol. The molecule has 0 saturated heterocycles. The van der Waals surface area contributed by atoms with E-state index in [2.05, 4.69) is 4.98 Å². The molecule has 1 unspecified atom stereocenters. The van der Waals surface area contributed by atoms with Crippen molar-refractivity contribution in [2.24, 2.45) is 0 Å². The molecule has 0 fully saturated rings. The number of alkyl halides is 6. The molecule has 0 aliphatic heterocycles. The smallest absolute Gasteiger partial charge is 0.261 e. The van der Waals surface area contributed by atoms with Gasteiger partial charge in [0, 0.05) is 24.1 Å². The minimum Gasteiger partial charge on any atom is -0.261 e. The molecule has 1 aromatic heterocycles. The molecule has 0 bridgehead atoms. The van der Waals surface area contributed by atoms with Crippen LogP contribution in [0.1, 0.15) is 17.7 Å². The van der Waals surface area contributed by atoms with Crippen LogP contribution in [0.4, 0.5) is 26.3 Å². The van der Waals surface area contributed by atoms with E-state index in [1.54, 1.807) is 0 Å². The number of nitriles is 1. The fourth-order valence-electron chi connectivity index (χ4n) is 1.74. The third kappa shape index (κ3) is 7.52. The van der Waals surface area contributed by atoms with E-state index >= 15 is 0 Å². The SMILES string of the molecule is N#CC(CCSC(F)(F)F)S(=O)(=O)CCc1ccc(C(F)(F)F)cn1. The molecule has 0 aliphatic rings. The summed E-state index contributed by atoms with van der Waals surface area (Å²) in [5.74, 6) is -1.18. The van der Waals surface area contributed by atoms with Crippen LogP contribution < -0.4 is 0 Å². The number of sulfone groups is 1. The highest BCUT2D eigenvalue weighted by Gasteiger charge is 2.32. The second-order valence-corrected chi connectivity index (χ2v) is 8.32. The number of aromatic nitrogens is 1. The summed E-state index contributed by atoms with van der Waals surface area (Å²) in [5, 5.41) is 7.24. The van der Waals surface area contributed by atoms with Crippen LogP contribution >= 0.6 is 11.8 Å². The first-order valence-corrected chi connectivity index (χ1v) is 9.39. The molecule has 12 heteroatoms. The van der Waals surface area contributed by atoms with Crippen molar-refractivity contribution < 1.29 is 34.8 Å². The minimum atomic E-state index is -4.57. The molecule has 1 heterocycles. The monoisotopic (exact) mass is 406 g/mol. The molecule has 0 N–H and O–H groups in total. The fraction of sp³-hybridized carbons (Fsp3) is 0.538. The Balaban J connectivity index is 2.65. The Kier molecular flexibility index (Phi) is 7.13. The lowest BCUT2D eigenvalue weighted by atomic mass is 10.2. The molecule has 1 atom stereocenters. The number of nitrogens with zero attached hydrogens (tertiary/aromatic N) is 2. The second kappa shape index (κ2) is 8.27. The van der Waals surface area contributed by atoms with Crippen molar-refractivity contribution in [3.8, 4) is 6.07 Å². The molecule has 0 radical (unpaired) electrons. The zero-order valence-corrected chi connectivity index (χ0v) is 14.1. The molecular weight excluding hydrogens is 394 g/mol. The van der Waals surface area contributed by atoms with Crippen LogP contribution in [0.5, 0.6) is 0 Å². The highest BCUT2D eigenvalue weighted by molar-refractivity contribution is 8.00. The number of thioether (sulfide) groups is 1. The quantitative estimate of drug-likeness (QED) is 0.648. The summed E-state index contributed by atoms with van der Waals surface area (Å²) >= 11 is -0.423. The van der Waals surface area contributed by atoms with Crippen molar-refractivity contribution in [1.82, 2.24) is 4.98 Å². The van der Waals surface area contributed by atoms with Gasteiger partial charge in [-0.25, -0.2) is 8.42 Å². The normalized spacial score (nSPS) is 14.1. The van der Waals surface area contributed by atoms with Crippen LogP contribution in [0, 0.1) is 11.3 Å². The van der Waals surface area contributed by atoms with Crippen LogP contribution in [-0.2, 0) is 22.4 Å². The Labute approximate surface area is 144 Å². The van der Waals surface area contributed by atoms with Gasteiger partial charge in [0.1, 0.15) is 5.25 Å². The zero-order chi connectivity index (χ0) is 19.3. The van der Waals surface area contributed by atoms with E-state index in [1.807, 2.05) is 0 Å². The highest BCUT2D eigenvalue weighted by atomic mass is 32.2. The van der Waals surface area contributed by atoms with Gasteiger partial charge in [0.05, 0.1) is 17.4 Å². The molecule has 0 spiro atoms. The van der Waals surface area contributed by atoms with Crippen LogP contribution in [0.3, 0.4) is 0 Å². The van der Waals surface area contributed by atoms with Crippen molar-refractivity contribution in [3.05, 3.63) is 29.6 Å². The average Bonchev–Trinajstić information content (AvgIpc) is 2.48. The van der Waals surface area contributed by atoms with Gasteiger partial charge in [-0.3, -0.25) is 4.98 Å². The minimum absolute atomic E-state index is 0.0675. The second-order valence-electron chi connectivity index (χ2n) is 4.85. The Morgan fingerprint density at radius 1 is 1.20 bits per heavy atom. The summed E-state index contributed by atoms with van der Waals surface area (Å²) in [4.78, 5) is 3.51. The number of aryl methyl sites for hydroxylation is 1. The van der Waals surface area contributed by atoms with Crippen molar-refractivity contribution in [1.29, 1.82) is 5.26 Å². The van der Waals surface area contributed by atoms with E-state index in [1.165, 1.54) is 6.07 Å². The van der Waals surface area contributed by atoms with Gasteiger partial charge in [0.25, 0.3) is 0 Å². The fourth-order valence-corrected chi connectivity index (χ4v) is 3.89. The van der Waals surface area contributed by atoms with Crippen molar-refractivity contribution in [2.45, 2.75) is 29.8 Å². The molecule has 0 amide bonds. The number of pyridine rings is 1. The van der Waals surface area contributed by atoms with Gasteiger partial charge in [0.15, 0.2) is 9.84 Å². The first kappa shape index (κ1) is 21.6. The van der Waals surface area contributed by atoms with E-state index in [0.717, 1.165) is 12.1 Å². The Morgan fingerprint density at radius 2 is 1.84 bits per heavy atom. The number of halogens is 6. The Bertz CT molecular complexity index is 708. The number of rotatable bonds is 7. The van der Waals surface area contributed by atoms with Gasteiger partial charge >= 0.3 is 11.7 Å². The summed E-state index contributed by atoms with van der Waals surface area (Å²) in [6.45, 7) is 0. The highest BCUT2D eigenvalue weighted by Crippen LogP contribution is 2.31. The molecule has 0 aliphatic carbocycles. The first-order valence-electron chi connectivity index (χ1n) is 6.69. The van der Waals surface area contributed by atoms with Crippen molar-refractivity contribution >= 4 is 21.6 Å². The largest absolute Gasteiger partial charge is 0.441 e. The summed E-state index contributed by atoms with van der Waals surface area (Å²) in [6, 6.07) is 3.22.